The number of piperidine rings is 1. The van der Waals surface area contributed by atoms with Crippen molar-refractivity contribution in [3.8, 4) is 11.5 Å². The van der Waals surface area contributed by atoms with E-state index in [-0.39, 0.29) is 11.3 Å². The van der Waals surface area contributed by atoms with Crippen LogP contribution < -0.4 is 0 Å². The molecule has 6 nitrogen and oxygen atoms in total. The number of rotatable bonds is 2. The second-order valence-electron chi connectivity index (χ2n) is 7.52. The monoisotopic (exact) mass is 327 g/mol. The lowest BCUT2D eigenvalue weighted by Crippen LogP contribution is -2.43. The van der Waals surface area contributed by atoms with E-state index in [1.165, 1.54) is 0 Å². The first kappa shape index (κ1) is 16.6. The third kappa shape index (κ3) is 3.32. The summed E-state index contributed by atoms with van der Waals surface area (Å²) >= 11 is 0. The molecule has 1 aliphatic rings. The molecule has 0 atom stereocenters. The highest BCUT2D eigenvalue weighted by molar-refractivity contribution is 5.81. The number of H-pyrrole nitrogens is 1. The zero-order valence-electron chi connectivity index (χ0n) is 14.8. The van der Waals surface area contributed by atoms with Crippen LogP contribution in [0.15, 0.2) is 18.6 Å². The fraction of sp³-hybridized carbons (Fsp3) is 0.556. The van der Waals surface area contributed by atoms with E-state index >= 15 is 0 Å². The SMILES string of the molecule is Cc1cnc(-c2nccnc2C2CCN(C(=O)C(C)(C)C)CC2)[nH]1. The normalized spacial score (nSPS) is 16.4. The molecule has 1 aliphatic heterocycles. The lowest BCUT2D eigenvalue weighted by Gasteiger charge is -2.35. The van der Waals surface area contributed by atoms with Crippen molar-refractivity contribution in [1.82, 2.24) is 24.8 Å². The molecule has 0 unspecified atom stereocenters. The molecule has 6 heteroatoms. The zero-order chi connectivity index (χ0) is 17.3. The predicted octanol–water partition coefficient (Wildman–Crippen LogP) is 2.93. The molecule has 3 rings (SSSR count). The number of imidazole rings is 1. The Morgan fingerprint density at radius 1 is 1.17 bits per heavy atom. The van der Waals surface area contributed by atoms with Crippen molar-refractivity contribution in [1.29, 1.82) is 0 Å². The molecule has 1 amide bonds. The van der Waals surface area contributed by atoms with Gasteiger partial charge in [-0.2, -0.15) is 0 Å². The largest absolute Gasteiger partial charge is 0.342 e. The van der Waals surface area contributed by atoms with Crippen LogP contribution in [0.25, 0.3) is 11.5 Å². The predicted molar refractivity (Wildman–Crippen MR) is 92.4 cm³/mol. The van der Waals surface area contributed by atoms with Crippen LogP contribution in [0, 0.1) is 12.3 Å². The van der Waals surface area contributed by atoms with E-state index in [2.05, 4.69) is 19.9 Å². The summed E-state index contributed by atoms with van der Waals surface area (Å²) in [7, 11) is 0. The smallest absolute Gasteiger partial charge is 0.227 e. The van der Waals surface area contributed by atoms with Crippen LogP contribution >= 0.6 is 0 Å². The van der Waals surface area contributed by atoms with Gasteiger partial charge in [-0.25, -0.2) is 9.97 Å². The molecule has 24 heavy (non-hydrogen) atoms. The summed E-state index contributed by atoms with van der Waals surface area (Å²) in [6.07, 6.45) is 7.06. The summed E-state index contributed by atoms with van der Waals surface area (Å²) in [5.41, 5.74) is 2.49. The number of aromatic nitrogens is 4. The maximum Gasteiger partial charge on any atom is 0.227 e. The van der Waals surface area contributed by atoms with Gasteiger partial charge in [-0.1, -0.05) is 20.8 Å². The number of carbonyl (C=O) groups excluding carboxylic acids is 1. The topological polar surface area (TPSA) is 74.8 Å². The van der Waals surface area contributed by atoms with E-state index < -0.39 is 0 Å². The van der Waals surface area contributed by atoms with Crippen LogP contribution in [-0.4, -0.2) is 43.8 Å². The Kier molecular flexibility index (Phi) is 4.39. The van der Waals surface area contributed by atoms with Gasteiger partial charge in [-0.15, -0.1) is 0 Å². The van der Waals surface area contributed by atoms with Crippen molar-refractivity contribution in [3.63, 3.8) is 0 Å². The van der Waals surface area contributed by atoms with E-state index in [4.69, 9.17) is 0 Å². The highest BCUT2D eigenvalue weighted by Gasteiger charge is 2.32. The Morgan fingerprint density at radius 2 is 1.83 bits per heavy atom. The van der Waals surface area contributed by atoms with Crippen molar-refractivity contribution < 1.29 is 4.79 Å². The number of likely N-dealkylation sites (tertiary alicyclic amines) is 1. The van der Waals surface area contributed by atoms with Gasteiger partial charge in [0.2, 0.25) is 5.91 Å². The standard InChI is InChI=1S/C18H25N5O/c1-12-11-21-16(22-12)15-14(19-7-8-20-15)13-5-9-23(10-6-13)17(24)18(2,3)4/h7-8,11,13H,5-6,9-10H2,1-4H3,(H,21,22). The maximum absolute atomic E-state index is 12.4. The molecule has 128 valence electrons. The van der Waals surface area contributed by atoms with Crippen molar-refractivity contribution in [2.45, 2.75) is 46.5 Å². The first-order valence-corrected chi connectivity index (χ1v) is 8.48. The molecule has 0 spiro atoms. The number of hydrogen-bond donors (Lipinski definition) is 1. The van der Waals surface area contributed by atoms with Gasteiger partial charge in [0.15, 0.2) is 5.82 Å². The zero-order valence-corrected chi connectivity index (χ0v) is 14.8. The van der Waals surface area contributed by atoms with E-state index in [0.29, 0.717) is 5.92 Å². The Morgan fingerprint density at radius 3 is 2.42 bits per heavy atom. The molecule has 3 heterocycles. The van der Waals surface area contributed by atoms with Crippen LogP contribution in [0.2, 0.25) is 0 Å². The third-order valence-electron chi connectivity index (χ3n) is 4.46. The first-order chi connectivity index (χ1) is 11.4. The van der Waals surface area contributed by atoms with Crippen LogP contribution in [0.3, 0.4) is 0 Å². The van der Waals surface area contributed by atoms with Gasteiger partial charge < -0.3 is 9.88 Å². The molecular formula is C18H25N5O. The van der Waals surface area contributed by atoms with Crippen molar-refractivity contribution >= 4 is 5.91 Å². The summed E-state index contributed by atoms with van der Waals surface area (Å²) < 4.78 is 0. The van der Waals surface area contributed by atoms with Gasteiger partial charge in [0.1, 0.15) is 5.69 Å². The number of aryl methyl sites for hydroxylation is 1. The van der Waals surface area contributed by atoms with Gasteiger partial charge >= 0.3 is 0 Å². The quantitative estimate of drug-likeness (QED) is 0.920. The third-order valence-corrected chi connectivity index (χ3v) is 4.46. The summed E-state index contributed by atoms with van der Waals surface area (Å²) in [4.78, 5) is 31.1. The molecular weight excluding hydrogens is 302 g/mol. The molecule has 1 saturated heterocycles. The minimum atomic E-state index is -0.323. The van der Waals surface area contributed by atoms with Gasteiger partial charge in [-0.3, -0.25) is 9.78 Å². The number of amides is 1. The summed E-state index contributed by atoms with van der Waals surface area (Å²) in [5, 5.41) is 0. The minimum absolute atomic E-state index is 0.224. The van der Waals surface area contributed by atoms with Gasteiger partial charge in [0.05, 0.1) is 5.69 Å². The minimum Gasteiger partial charge on any atom is -0.342 e. The first-order valence-electron chi connectivity index (χ1n) is 8.48. The molecule has 0 aliphatic carbocycles. The van der Waals surface area contributed by atoms with Gasteiger partial charge in [-0.05, 0) is 19.8 Å². The molecule has 0 saturated carbocycles. The van der Waals surface area contributed by atoms with E-state index in [0.717, 1.165) is 48.8 Å². The van der Waals surface area contributed by atoms with Crippen molar-refractivity contribution in [2.24, 2.45) is 5.41 Å². The Labute approximate surface area is 142 Å². The number of hydrogen-bond acceptors (Lipinski definition) is 4. The average molecular weight is 327 g/mol. The second-order valence-corrected chi connectivity index (χ2v) is 7.52. The highest BCUT2D eigenvalue weighted by atomic mass is 16.2. The Bertz CT molecular complexity index is 723. The maximum atomic E-state index is 12.4. The summed E-state index contributed by atoms with van der Waals surface area (Å²) in [6, 6.07) is 0. The molecule has 2 aromatic heterocycles. The highest BCUT2D eigenvalue weighted by Crippen LogP contribution is 2.32. The fourth-order valence-corrected chi connectivity index (χ4v) is 3.19. The van der Waals surface area contributed by atoms with Gasteiger partial charge in [0.25, 0.3) is 0 Å². The van der Waals surface area contributed by atoms with Crippen molar-refractivity contribution in [3.05, 3.63) is 30.0 Å². The Balaban J connectivity index is 1.77. The number of nitrogens with one attached hydrogen (secondary N) is 1. The molecule has 0 radical (unpaired) electrons. The molecule has 0 bridgehead atoms. The van der Waals surface area contributed by atoms with Crippen molar-refractivity contribution in [2.75, 3.05) is 13.1 Å². The number of aromatic amines is 1. The lowest BCUT2D eigenvalue weighted by atomic mass is 9.89. The van der Waals surface area contributed by atoms with Crippen LogP contribution in [-0.2, 0) is 4.79 Å². The Hall–Kier alpha value is -2.24. The van der Waals surface area contributed by atoms with Crippen LogP contribution in [0.4, 0.5) is 0 Å². The molecule has 1 fully saturated rings. The average Bonchev–Trinajstić information content (AvgIpc) is 3.00. The fourth-order valence-electron chi connectivity index (χ4n) is 3.19. The van der Waals surface area contributed by atoms with Crippen LogP contribution in [0.5, 0.6) is 0 Å². The number of carbonyl (C=O) groups is 1. The van der Waals surface area contributed by atoms with E-state index in [1.54, 1.807) is 18.6 Å². The summed E-state index contributed by atoms with van der Waals surface area (Å²) in [6.45, 7) is 9.44. The molecule has 2 aromatic rings. The van der Waals surface area contributed by atoms with E-state index in [9.17, 15) is 4.79 Å². The van der Waals surface area contributed by atoms with Gasteiger partial charge in [0, 0.05) is 48.7 Å². The lowest BCUT2D eigenvalue weighted by molar-refractivity contribution is -0.140. The van der Waals surface area contributed by atoms with Crippen LogP contribution in [0.1, 0.15) is 50.9 Å². The molecule has 0 aromatic carbocycles. The molecule has 1 N–H and O–H groups in total. The second kappa shape index (κ2) is 6.34. The summed E-state index contributed by atoms with van der Waals surface area (Å²) in [5.74, 6) is 1.30. The van der Waals surface area contributed by atoms with E-state index in [1.807, 2.05) is 32.6 Å². The number of nitrogens with zero attached hydrogens (tertiary/aromatic N) is 4.